The van der Waals surface area contributed by atoms with Gasteiger partial charge >= 0.3 is 0 Å². The van der Waals surface area contributed by atoms with Gasteiger partial charge in [0.15, 0.2) is 5.82 Å². The molecule has 4 nitrogen and oxygen atoms in total. The molecule has 3 aromatic rings. The summed E-state index contributed by atoms with van der Waals surface area (Å²) in [4.78, 5) is 0. The van der Waals surface area contributed by atoms with Crippen molar-refractivity contribution in [3.63, 3.8) is 0 Å². The van der Waals surface area contributed by atoms with Gasteiger partial charge in [-0.15, -0.1) is 5.10 Å². The van der Waals surface area contributed by atoms with E-state index in [9.17, 15) is 0 Å². The van der Waals surface area contributed by atoms with Crippen molar-refractivity contribution < 1.29 is 0 Å². The number of nitrogens with zero attached hydrogens (tertiary/aromatic N) is 3. The fraction of sp³-hybridized carbons (Fsp3) is 0.125. The van der Waals surface area contributed by atoms with Gasteiger partial charge in [0, 0.05) is 5.56 Å². The molecule has 1 aromatic heterocycles. The molecule has 0 saturated carbocycles. The molecule has 0 unspecified atom stereocenters. The molecule has 2 N–H and O–H groups in total. The highest BCUT2D eigenvalue weighted by Crippen LogP contribution is 2.25. The highest BCUT2D eigenvalue weighted by atomic mass is 15.5. The second-order valence-corrected chi connectivity index (χ2v) is 4.94. The van der Waals surface area contributed by atoms with E-state index in [-0.39, 0.29) is 0 Å². The molecule has 100 valence electrons. The minimum absolute atomic E-state index is 0.553. The Hall–Kier alpha value is -2.62. The highest BCUT2D eigenvalue weighted by molar-refractivity contribution is 5.71. The van der Waals surface area contributed by atoms with Crippen LogP contribution in [0.4, 0.5) is 5.82 Å². The third-order valence-corrected chi connectivity index (χ3v) is 3.31. The van der Waals surface area contributed by atoms with Crippen LogP contribution >= 0.6 is 0 Å². The number of aryl methyl sites for hydroxylation is 2. The Kier molecular flexibility index (Phi) is 2.99. The zero-order valence-corrected chi connectivity index (χ0v) is 11.5. The average Bonchev–Trinajstić information content (AvgIpc) is 2.83. The first kappa shape index (κ1) is 12.4. The van der Waals surface area contributed by atoms with Gasteiger partial charge in [0.2, 0.25) is 0 Å². The zero-order chi connectivity index (χ0) is 14.1. The van der Waals surface area contributed by atoms with Gasteiger partial charge in [0.1, 0.15) is 5.69 Å². The van der Waals surface area contributed by atoms with E-state index >= 15 is 0 Å². The van der Waals surface area contributed by atoms with E-state index in [0.29, 0.717) is 11.5 Å². The molecular formula is C16H16N4. The second kappa shape index (κ2) is 4.81. The topological polar surface area (TPSA) is 56.7 Å². The third-order valence-electron chi connectivity index (χ3n) is 3.31. The first-order valence-electron chi connectivity index (χ1n) is 6.50. The maximum atomic E-state index is 6.18. The van der Waals surface area contributed by atoms with E-state index in [1.54, 1.807) is 4.68 Å². The lowest BCUT2D eigenvalue weighted by molar-refractivity contribution is 0.810. The van der Waals surface area contributed by atoms with Crippen LogP contribution in [0.25, 0.3) is 16.9 Å². The van der Waals surface area contributed by atoms with Crippen LogP contribution in [0.5, 0.6) is 0 Å². The van der Waals surface area contributed by atoms with E-state index < -0.39 is 0 Å². The molecule has 0 radical (unpaired) electrons. The molecule has 20 heavy (non-hydrogen) atoms. The Bertz CT molecular complexity index is 661. The molecule has 2 aromatic carbocycles. The lowest BCUT2D eigenvalue weighted by Gasteiger charge is -2.04. The quantitative estimate of drug-likeness (QED) is 0.773. The second-order valence-electron chi connectivity index (χ2n) is 4.94. The molecule has 4 heteroatoms. The molecule has 1 heterocycles. The minimum atomic E-state index is 0.553. The minimum Gasteiger partial charge on any atom is -0.382 e. The van der Waals surface area contributed by atoms with Crippen LogP contribution in [0, 0.1) is 13.8 Å². The summed E-state index contributed by atoms with van der Waals surface area (Å²) in [7, 11) is 0. The Morgan fingerprint density at radius 2 is 1.40 bits per heavy atom. The molecule has 3 rings (SSSR count). The normalized spacial score (nSPS) is 10.7. The standard InChI is InChI=1S/C16H16N4/c1-11-3-7-13(8-4-11)15-16(17)20(19-18-15)14-9-5-12(2)6-10-14/h3-10H,17H2,1-2H3. The Morgan fingerprint density at radius 1 is 0.850 bits per heavy atom. The largest absolute Gasteiger partial charge is 0.382 e. The van der Waals surface area contributed by atoms with Gasteiger partial charge in [0.25, 0.3) is 0 Å². The number of hydrogen-bond acceptors (Lipinski definition) is 3. The van der Waals surface area contributed by atoms with E-state index in [1.165, 1.54) is 11.1 Å². The Morgan fingerprint density at radius 3 is 2.00 bits per heavy atom. The number of benzene rings is 2. The molecule has 0 bridgehead atoms. The fourth-order valence-corrected chi connectivity index (χ4v) is 2.08. The van der Waals surface area contributed by atoms with Crippen LogP contribution in [0.3, 0.4) is 0 Å². The summed E-state index contributed by atoms with van der Waals surface area (Å²) in [6.07, 6.45) is 0. The number of aromatic nitrogens is 3. The molecule has 0 amide bonds. The van der Waals surface area contributed by atoms with Crippen molar-refractivity contribution in [2.45, 2.75) is 13.8 Å². The summed E-state index contributed by atoms with van der Waals surface area (Å²) >= 11 is 0. The molecule has 0 aliphatic carbocycles. The monoisotopic (exact) mass is 264 g/mol. The summed E-state index contributed by atoms with van der Waals surface area (Å²) in [5, 5.41) is 8.36. The van der Waals surface area contributed by atoms with E-state index in [4.69, 9.17) is 5.73 Å². The number of nitrogen functional groups attached to an aromatic ring is 1. The smallest absolute Gasteiger partial charge is 0.155 e. The van der Waals surface area contributed by atoms with Gasteiger partial charge in [0.05, 0.1) is 5.69 Å². The summed E-state index contributed by atoms with van der Waals surface area (Å²) in [5.41, 5.74) is 11.2. The zero-order valence-electron chi connectivity index (χ0n) is 11.5. The van der Waals surface area contributed by atoms with Crippen molar-refractivity contribution in [3.05, 3.63) is 59.7 Å². The van der Waals surface area contributed by atoms with Crippen LogP contribution < -0.4 is 5.73 Å². The van der Waals surface area contributed by atoms with Crippen molar-refractivity contribution in [2.24, 2.45) is 0 Å². The van der Waals surface area contributed by atoms with Gasteiger partial charge in [-0.3, -0.25) is 0 Å². The third kappa shape index (κ3) is 2.16. The van der Waals surface area contributed by atoms with E-state index in [1.807, 2.05) is 55.5 Å². The van der Waals surface area contributed by atoms with Crippen molar-refractivity contribution in [2.75, 3.05) is 5.73 Å². The molecule has 0 atom stereocenters. The van der Waals surface area contributed by atoms with Gasteiger partial charge in [-0.05, 0) is 26.0 Å². The SMILES string of the molecule is Cc1ccc(-c2nnn(-c3ccc(C)cc3)c2N)cc1. The Balaban J connectivity index is 2.04. The van der Waals surface area contributed by atoms with E-state index in [2.05, 4.69) is 17.2 Å². The maximum absolute atomic E-state index is 6.18. The molecule has 0 saturated heterocycles. The van der Waals surface area contributed by atoms with Crippen LogP contribution in [-0.4, -0.2) is 15.0 Å². The van der Waals surface area contributed by atoms with Crippen LogP contribution in [0.15, 0.2) is 48.5 Å². The van der Waals surface area contributed by atoms with Gasteiger partial charge in [-0.1, -0.05) is 52.7 Å². The van der Waals surface area contributed by atoms with Crippen LogP contribution in [0.2, 0.25) is 0 Å². The predicted molar refractivity (Wildman–Crippen MR) is 80.7 cm³/mol. The number of anilines is 1. The average molecular weight is 264 g/mol. The summed E-state index contributed by atoms with van der Waals surface area (Å²) in [6, 6.07) is 16.1. The van der Waals surface area contributed by atoms with Gasteiger partial charge < -0.3 is 5.73 Å². The number of rotatable bonds is 2. The lowest BCUT2D eigenvalue weighted by Crippen LogP contribution is -2.02. The summed E-state index contributed by atoms with van der Waals surface area (Å²) in [6.45, 7) is 4.10. The van der Waals surface area contributed by atoms with Crippen molar-refractivity contribution in [3.8, 4) is 16.9 Å². The summed E-state index contributed by atoms with van der Waals surface area (Å²) < 4.78 is 1.66. The molecule has 0 spiro atoms. The fourth-order valence-electron chi connectivity index (χ4n) is 2.08. The molecule has 0 aliphatic rings. The predicted octanol–water partition coefficient (Wildman–Crippen LogP) is 3.13. The molecule has 0 fully saturated rings. The first-order valence-corrected chi connectivity index (χ1v) is 6.50. The number of nitrogens with two attached hydrogens (primary N) is 1. The van der Waals surface area contributed by atoms with Gasteiger partial charge in [-0.25, -0.2) is 0 Å². The van der Waals surface area contributed by atoms with Crippen molar-refractivity contribution >= 4 is 5.82 Å². The summed E-state index contributed by atoms with van der Waals surface area (Å²) in [5.74, 6) is 0.553. The number of hydrogen-bond donors (Lipinski definition) is 1. The van der Waals surface area contributed by atoms with E-state index in [0.717, 1.165) is 11.3 Å². The molecule has 0 aliphatic heterocycles. The lowest BCUT2D eigenvalue weighted by atomic mass is 10.1. The van der Waals surface area contributed by atoms with Crippen LogP contribution in [0.1, 0.15) is 11.1 Å². The van der Waals surface area contributed by atoms with Gasteiger partial charge in [-0.2, -0.15) is 4.68 Å². The highest BCUT2D eigenvalue weighted by Gasteiger charge is 2.12. The maximum Gasteiger partial charge on any atom is 0.155 e. The van der Waals surface area contributed by atoms with Crippen molar-refractivity contribution in [1.82, 2.24) is 15.0 Å². The van der Waals surface area contributed by atoms with Crippen LogP contribution in [-0.2, 0) is 0 Å². The molecular weight excluding hydrogens is 248 g/mol. The first-order chi connectivity index (χ1) is 9.65. The Labute approximate surface area is 117 Å². The van der Waals surface area contributed by atoms with Crippen molar-refractivity contribution in [1.29, 1.82) is 0 Å².